The van der Waals surface area contributed by atoms with Crippen molar-refractivity contribution in [1.29, 1.82) is 0 Å². The van der Waals surface area contributed by atoms with Gasteiger partial charge in [-0.25, -0.2) is 0 Å². The minimum absolute atomic E-state index is 0.686. The van der Waals surface area contributed by atoms with E-state index in [1.54, 1.807) is 11.1 Å². The van der Waals surface area contributed by atoms with Crippen LogP contribution in [0, 0.1) is 5.92 Å². The van der Waals surface area contributed by atoms with Crippen molar-refractivity contribution in [2.45, 2.75) is 44.7 Å². The van der Waals surface area contributed by atoms with Gasteiger partial charge in [-0.15, -0.1) is 0 Å². The van der Waals surface area contributed by atoms with Gasteiger partial charge >= 0.3 is 0 Å². The maximum Gasteiger partial charge on any atom is 0.0239 e. The summed E-state index contributed by atoms with van der Waals surface area (Å²) in [7, 11) is 0. The Morgan fingerprint density at radius 3 is 2.72 bits per heavy atom. The molecule has 2 nitrogen and oxygen atoms in total. The van der Waals surface area contributed by atoms with Gasteiger partial charge in [0.1, 0.15) is 0 Å². The highest BCUT2D eigenvalue weighted by Crippen LogP contribution is 2.42. The Kier molecular flexibility index (Phi) is 3.40. The summed E-state index contributed by atoms with van der Waals surface area (Å²) in [4.78, 5) is 2.61. The summed E-state index contributed by atoms with van der Waals surface area (Å²) in [5, 5.41) is 0. The Balaban J connectivity index is 1.72. The Morgan fingerprint density at radius 1 is 1.28 bits per heavy atom. The molecule has 2 unspecified atom stereocenters. The molecule has 1 aliphatic carbocycles. The summed E-state index contributed by atoms with van der Waals surface area (Å²) in [6.45, 7) is 5.47. The highest BCUT2D eigenvalue weighted by Gasteiger charge is 2.30. The van der Waals surface area contributed by atoms with E-state index in [0.29, 0.717) is 12.0 Å². The molecule has 1 heterocycles. The SMILES string of the molecule is CC1CC(CN)CN1Cc1ccccc1C1CC1. The van der Waals surface area contributed by atoms with Crippen LogP contribution in [0.3, 0.4) is 0 Å². The zero-order valence-electron chi connectivity index (χ0n) is 11.3. The first kappa shape index (κ1) is 12.2. The molecule has 1 saturated heterocycles. The molecular weight excluding hydrogens is 220 g/mol. The van der Waals surface area contributed by atoms with E-state index in [1.807, 2.05) is 0 Å². The van der Waals surface area contributed by atoms with Gasteiger partial charge in [0.2, 0.25) is 0 Å². The van der Waals surface area contributed by atoms with E-state index in [1.165, 1.54) is 25.8 Å². The number of nitrogens with zero attached hydrogens (tertiary/aromatic N) is 1. The molecule has 1 saturated carbocycles. The van der Waals surface area contributed by atoms with Crippen molar-refractivity contribution in [3.8, 4) is 0 Å². The third kappa shape index (κ3) is 2.45. The van der Waals surface area contributed by atoms with Crippen molar-refractivity contribution >= 4 is 0 Å². The second kappa shape index (κ2) is 5.02. The Bertz CT molecular complexity index is 411. The molecule has 2 N–H and O–H groups in total. The summed E-state index contributed by atoms with van der Waals surface area (Å²) < 4.78 is 0. The molecule has 0 radical (unpaired) electrons. The second-order valence-corrected chi connectivity index (χ2v) is 6.09. The average molecular weight is 244 g/mol. The van der Waals surface area contributed by atoms with Crippen LogP contribution >= 0.6 is 0 Å². The van der Waals surface area contributed by atoms with Crippen molar-refractivity contribution < 1.29 is 0 Å². The van der Waals surface area contributed by atoms with Crippen molar-refractivity contribution in [3.63, 3.8) is 0 Å². The highest BCUT2D eigenvalue weighted by molar-refractivity contribution is 5.33. The second-order valence-electron chi connectivity index (χ2n) is 6.09. The van der Waals surface area contributed by atoms with Crippen LogP contribution in [0.15, 0.2) is 24.3 Å². The molecule has 98 valence electrons. The molecule has 18 heavy (non-hydrogen) atoms. The molecule has 0 bridgehead atoms. The van der Waals surface area contributed by atoms with Crippen molar-refractivity contribution in [3.05, 3.63) is 35.4 Å². The maximum atomic E-state index is 5.81. The summed E-state index contributed by atoms with van der Waals surface area (Å²) in [5.74, 6) is 1.55. The lowest BCUT2D eigenvalue weighted by molar-refractivity contribution is 0.255. The van der Waals surface area contributed by atoms with E-state index in [-0.39, 0.29) is 0 Å². The standard InChI is InChI=1S/C16H24N2/c1-12-8-13(9-17)10-18(12)11-15-4-2-3-5-16(15)14-6-7-14/h2-5,12-14H,6-11,17H2,1H3. The lowest BCUT2D eigenvalue weighted by Gasteiger charge is -2.22. The normalized spacial score (nSPS) is 28.8. The summed E-state index contributed by atoms with van der Waals surface area (Å²) in [5.41, 5.74) is 8.96. The molecule has 1 aromatic rings. The van der Waals surface area contributed by atoms with Gasteiger partial charge in [0.05, 0.1) is 0 Å². The molecule has 1 aliphatic heterocycles. The number of benzene rings is 1. The van der Waals surface area contributed by atoms with E-state index < -0.39 is 0 Å². The molecule has 3 rings (SSSR count). The lowest BCUT2D eigenvalue weighted by atomic mass is 10.0. The first-order valence-electron chi connectivity index (χ1n) is 7.30. The number of hydrogen-bond acceptors (Lipinski definition) is 2. The average Bonchev–Trinajstić information content (AvgIpc) is 3.16. The maximum absolute atomic E-state index is 5.81. The van der Waals surface area contributed by atoms with E-state index in [2.05, 4.69) is 36.1 Å². The molecule has 1 aromatic carbocycles. The van der Waals surface area contributed by atoms with Crippen molar-refractivity contribution in [1.82, 2.24) is 4.90 Å². The molecule has 0 amide bonds. The van der Waals surface area contributed by atoms with Crippen LogP contribution in [-0.4, -0.2) is 24.0 Å². The predicted molar refractivity (Wildman–Crippen MR) is 75.5 cm³/mol. The molecule has 2 aliphatic rings. The van der Waals surface area contributed by atoms with Gasteiger partial charge in [-0.3, -0.25) is 4.90 Å². The van der Waals surface area contributed by atoms with Gasteiger partial charge in [-0.05, 0) is 55.7 Å². The van der Waals surface area contributed by atoms with E-state index in [0.717, 1.165) is 19.0 Å². The van der Waals surface area contributed by atoms with E-state index in [4.69, 9.17) is 5.73 Å². The molecule has 2 atom stereocenters. The predicted octanol–water partition coefficient (Wildman–Crippen LogP) is 2.73. The Labute approximate surface area is 110 Å². The van der Waals surface area contributed by atoms with Gasteiger partial charge in [0, 0.05) is 19.1 Å². The third-order valence-electron chi connectivity index (χ3n) is 4.57. The smallest absolute Gasteiger partial charge is 0.0239 e. The fourth-order valence-electron chi connectivity index (χ4n) is 3.30. The molecule has 0 aromatic heterocycles. The van der Waals surface area contributed by atoms with Crippen LogP contribution in [0.25, 0.3) is 0 Å². The van der Waals surface area contributed by atoms with Crippen molar-refractivity contribution in [2.24, 2.45) is 11.7 Å². The fourth-order valence-corrected chi connectivity index (χ4v) is 3.30. The van der Waals surface area contributed by atoms with Gasteiger partial charge in [0.15, 0.2) is 0 Å². The lowest BCUT2D eigenvalue weighted by Crippen LogP contribution is -2.27. The highest BCUT2D eigenvalue weighted by atomic mass is 15.2. The van der Waals surface area contributed by atoms with Gasteiger partial charge in [0.25, 0.3) is 0 Å². The van der Waals surface area contributed by atoms with Crippen LogP contribution in [0.4, 0.5) is 0 Å². The summed E-state index contributed by atoms with van der Waals surface area (Å²) in [6.07, 6.45) is 4.04. The first-order chi connectivity index (χ1) is 8.78. The zero-order chi connectivity index (χ0) is 12.5. The zero-order valence-corrected chi connectivity index (χ0v) is 11.3. The van der Waals surface area contributed by atoms with Crippen LogP contribution in [0.5, 0.6) is 0 Å². The van der Waals surface area contributed by atoms with Gasteiger partial charge < -0.3 is 5.73 Å². The molecule has 2 fully saturated rings. The minimum Gasteiger partial charge on any atom is -0.330 e. The summed E-state index contributed by atoms with van der Waals surface area (Å²) >= 11 is 0. The largest absolute Gasteiger partial charge is 0.330 e. The number of likely N-dealkylation sites (tertiary alicyclic amines) is 1. The molecule has 0 spiro atoms. The fraction of sp³-hybridized carbons (Fsp3) is 0.625. The number of hydrogen-bond donors (Lipinski definition) is 1. The van der Waals surface area contributed by atoms with E-state index in [9.17, 15) is 0 Å². The topological polar surface area (TPSA) is 29.3 Å². The van der Waals surface area contributed by atoms with Crippen LogP contribution in [0.1, 0.15) is 43.2 Å². The Hall–Kier alpha value is -0.860. The van der Waals surface area contributed by atoms with Crippen molar-refractivity contribution in [2.75, 3.05) is 13.1 Å². The van der Waals surface area contributed by atoms with Gasteiger partial charge in [-0.2, -0.15) is 0 Å². The number of nitrogens with two attached hydrogens (primary N) is 1. The molecule has 2 heteroatoms. The summed E-state index contributed by atoms with van der Waals surface area (Å²) in [6, 6.07) is 9.70. The van der Waals surface area contributed by atoms with Crippen LogP contribution in [-0.2, 0) is 6.54 Å². The first-order valence-corrected chi connectivity index (χ1v) is 7.30. The van der Waals surface area contributed by atoms with E-state index >= 15 is 0 Å². The molecular formula is C16H24N2. The number of rotatable bonds is 4. The third-order valence-corrected chi connectivity index (χ3v) is 4.57. The Morgan fingerprint density at radius 2 is 2.06 bits per heavy atom. The minimum atomic E-state index is 0.686. The van der Waals surface area contributed by atoms with Crippen LogP contribution < -0.4 is 5.73 Å². The quantitative estimate of drug-likeness (QED) is 0.882. The monoisotopic (exact) mass is 244 g/mol. The van der Waals surface area contributed by atoms with Gasteiger partial charge in [-0.1, -0.05) is 24.3 Å². The van der Waals surface area contributed by atoms with Crippen LogP contribution in [0.2, 0.25) is 0 Å².